The number of hydrogen-bond donors (Lipinski definition) is 1. The van der Waals surface area contributed by atoms with E-state index in [1.54, 1.807) is 13.0 Å². The van der Waals surface area contributed by atoms with Gasteiger partial charge in [0.25, 0.3) is 0 Å². The van der Waals surface area contributed by atoms with Crippen LogP contribution in [0.5, 0.6) is 0 Å². The van der Waals surface area contributed by atoms with Crippen LogP contribution in [0.1, 0.15) is 30.6 Å². The largest absolute Gasteiger partial charge is 0.357 e. The van der Waals surface area contributed by atoms with Crippen LogP contribution in [0.3, 0.4) is 0 Å². The first-order chi connectivity index (χ1) is 11.6. The number of halogens is 2. The zero-order valence-corrected chi connectivity index (χ0v) is 17.2. The first-order valence-electron chi connectivity index (χ1n) is 8.11. The molecule has 1 aromatic heterocycles. The summed E-state index contributed by atoms with van der Waals surface area (Å²) in [4.78, 5) is 10.8. The number of guanidine groups is 1. The van der Waals surface area contributed by atoms with Crippen molar-refractivity contribution in [2.24, 2.45) is 4.99 Å². The van der Waals surface area contributed by atoms with E-state index in [-0.39, 0.29) is 29.8 Å². The molecule has 2 rings (SSSR count). The van der Waals surface area contributed by atoms with Crippen LogP contribution in [0.25, 0.3) is 0 Å². The van der Waals surface area contributed by atoms with E-state index in [4.69, 9.17) is 4.52 Å². The first-order valence-corrected chi connectivity index (χ1v) is 8.11. The SMILES string of the molecule is CCNC(=NCCCc1nc(C)no1)N(C)Cc1cccc(F)c1.I. The fraction of sp³-hybridized carbons (Fsp3) is 0.471. The summed E-state index contributed by atoms with van der Waals surface area (Å²) in [5, 5.41) is 7.02. The molecule has 0 aliphatic rings. The summed E-state index contributed by atoms with van der Waals surface area (Å²) in [6.07, 6.45) is 1.53. The Morgan fingerprint density at radius 3 is 2.84 bits per heavy atom. The molecule has 2 aromatic rings. The van der Waals surface area contributed by atoms with Gasteiger partial charge in [0.1, 0.15) is 5.82 Å². The van der Waals surface area contributed by atoms with Crippen molar-refractivity contribution >= 4 is 29.9 Å². The zero-order chi connectivity index (χ0) is 17.4. The van der Waals surface area contributed by atoms with Crippen LogP contribution in [0, 0.1) is 12.7 Å². The van der Waals surface area contributed by atoms with Gasteiger partial charge in [0.05, 0.1) is 0 Å². The van der Waals surface area contributed by atoms with E-state index in [0.717, 1.165) is 24.5 Å². The summed E-state index contributed by atoms with van der Waals surface area (Å²) in [7, 11) is 1.94. The molecule has 0 radical (unpaired) electrons. The van der Waals surface area contributed by atoms with Crippen LogP contribution in [0.2, 0.25) is 0 Å². The van der Waals surface area contributed by atoms with E-state index in [1.165, 1.54) is 12.1 Å². The van der Waals surface area contributed by atoms with E-state index in [1.807, 2.05) is 24.9 Å². The van der Waals surface area contributed by atoms with Crippen molar-refractivity contribution in [3.8, 4) is 0 Å². The molecule has 0 atom stereocenters. The Kier molecular flexibility index (Phi) is 9.40. The van der Waals surface area contributed by atoms with Gasteiger partial charge in [0.15, 0.2) is 11.8 Å². The fourth-order valence-corrected chi connectivity index (χ4v) is 2.31. The maximum atomic E-state index is 13.3. The molecule has 138 valence electrons. The average Bonchev–Trinajstić information content (AvgIpc) is 2.95. The molecular formula is C17H25FIN5O. The van der Waals surface area contributed by atoms with Crippen LogP contribution < -0.4 is 5.32 Å². The third-order valence-electron chi connectivity index (χ3n) is 3.39. The molecule has 0 fully saturated rings. The Hall–Kier alpha value is -1.71. The molecular weight excluding hydrogens is 436 g/mol. The normalized spacial score (nSPS) is 11.1. The molecule has 0 aliphatic heterocycles. The molecule has 0 saturated heterocycles. The van der Waals surface area contributed by atoms with E-state index in [2.05, 4.69) is 20.4 Å². The van der Waals surface area contributed by atoms with Crippen LogP contribution in [0.15, 0.2) is 33.8 Å². The quantitative estimate of drug-likeness (QED) is 0.297. The fourth-order valence-electron chi connectivity index (χ4n) is 2.31. The monoisotopic (exact) mass is 461 g/mol. The van der Waals surface area contributed by atoms with Crippen LogP contribution in [-0.4, -0.2) is 41.1 Å². The van der Waals surface area contributed by atoms with E-state index in [9.17, 15) is 4.39 Å². The van der Waals surface area contributed by atoms with Gasteiger partial charge in [0.2, 0.25) is 5.89 Å². The Morgan fingerprint density at radius 2 is 2.20 bits per heavy atom. The molecule has 0 aliphatic carbocycles. The average molecular weight is 461 g/mol. The van der Waals surface area contributed by atoms with Crippen molar-refractivity contribution in [1.82, 2.24) is 20.4 Å². The van der Waals surface area contributed by atoms with Crippen LogP contribution in [0.4, 0.5) is 4.39 Å². The lowest BCUT2D eigenvalue weighted by Crippen LogP contribution is -2.38. The summed E-state index contributed by atoms with van der Waals surface area (Å²) in [6.45, 7) is 5.83. The Labute approximate surface area is 164 Å². The summed E-state index contributed by atoms with van der Waals surface area (Å²) >= 11 is 0. The molecule has 1 N–H and O–H groups in total. The maximum absolute atomic E-state index is 13.3. The predicted octanol–water partition coefficient (Wildman–Crippen LogP) is 3.17. The molecule has 0 bridgehead atoms. The number of aliphatic imine (C=N–C) groups is 1. The van der Waals surface area contributed by atoms with Gasteiger partial charge >= 0.3 is 0 Å². The van der Waals surface area contributed by atoms with Gasteiger partial charge in [-0.15, -0.1) is 24.0 Å². The lowest BCUT2D eigenvalue weighted by Gasteiger charge is -2.22. The molecule has 0 saturated carbocycles. The van der Waals surface area contributed by atoms with E-state index < -0.39 is 0 Å². The molecule has 6 nitrogen and oxygen atoms in total. The highest BCUT2D eigenvalue weighted by Crippen LogP contribution is 2.07. The van der Waals surface area contributed by atoms with Crippen molar-refractivity contribution in [3.63, 3.8) is 0 Å². The van der Waals surface area contributed by atoms with Crippen LogP contribution >= 0.6 is 24.0 Å². The molecule has 0 unspecified atom stereocenters. The van der Waals surface area contributed by atoms with Crippen molar-refractivity contribution in [3.05, 3.63) is 47.4 Å². The van der Waals surface area contributed by atoms with Crippen molar-refractivity contribution in [1.29, 1.82) is 0 Å². The predicted molar refractivity (Wildman–Crippen MR) is 107 cm³/mol. The van der Waals surface area contributed by atoms with Gasteiger partial charge in [-0.3, -0.25) is 4.99 Å². The second-order valence-corrected chi connectivity index (χ2v) is 5.56. The number of aryl methyl sites for hydroxylation is 2. The lowest BCUT2D eigenvalue weighted by atomic mass is 10.2. The number of nitrogens with zero attached hydrogens (tertiary/aromatic N) is 4. The highest BCUT2D eigenvalue weighted by atomic mass is 127. The minimum absolute atomic E-state index is 0. The Balaban J connectivity index is 0.00000312. The number of benzene rings is 1. The van der Waals surface area contributed by atoms with Gasteiger partial charge in [-0.25, -0.2) is 4.39 Å². The van der Waals surface area contributed by atoms with Gasteiger partial charge in [-0.05, 0) is 38.0 Å². The van der Waals surface area contributed by atoms with Crippen molar-refractivity contribution < 1.29 is 8.91 Å². The number of rotatable bonds is 7. The van der Waals surface area contributed by atoms with Gasteiger partial charge in [0, 0.05) is 33.1 Å². The van der Waals surface area contributed by atoms with Crippen LogP contribution in [-0.2, 0) is 13.0 Å². The third kappa shape index (κ3) is 7.37. The molecule has 25 heavy (non-hydrogen) atoms. The molecule has 1 aromatic carbocycles. The minimum atomic E-state index is -0.224. The molecule has 1 heterocycles. The number of aromatic nitrogens is 2. The number of hydrogen-bond acceptors (Lipinski definition) is 4. The van der Waals surface area contributed by atoms with Gasteiger partial charge < -0.3 is 14.7 Å². The summed E-state index contributed by atoms with van der Waals surface area (Å²) in [5.74, 6) is 1.86. The first kappa shape index (κ1) is 21.3. The van der Waals surface area contributed by atoms with Gasteiger partial charge in [-0.1, -0.05) is 17.3 Å². The lowest BCUT2D eigenvalue weighted by molar-refractivity contribution is 0.372. The van der Waals surface area contributed by atoms with E-state index in [0.29, 0.717) is 31.2 Å². The Morgan fingerprint density at radius 1 is 1.40 bits per heavy atom. The highest BCUT2D eigenvalue weighted by Gasteiger charge is 2.07. The van der Waals surface area contributed by atoms with Crippen molar-refractivity contribution in [2.45, 2.75) is 33.2 Å². The van der Waals surface area contributed by atoms with Gasteiger partial charge in [-0.2, -0.15) is 4.98 Å². The Bertz CT molecular complexity index is 677. The third-order valence-corrected chi connectivity index (χ3v) is 3.39. The highest BCUT2D eigenvalue weighted by molar-refractivity contribution is 14.0. The second-order valence-electron chi connectivity index (χ2n) is 5.56. The van der Waals surface area contributed by atoms with Crippen molar-refractivity contribution in [2.75, 3.05) is 20.1 Å². The second kappa shape index (κ2) is 11.0. The van der Waals surface area contributed by atoms with E-state index >= 15 is 0 Å². The standard InChI is InChI=1S/C17H24FN5O.HI/c1-4-19-17(20-10-6-9-16-21-13(2)22-24-16)23(3)12-14-7-5-8-15(18)11-14;/h5,7-8,11H,4,6,9-10,12H2,1-3H3,(H,19,20);1H. The molecule has 0 amide bonds. The summed E-state index contributed by atoms with van der Waals surface area (Å²) in [5.41, 5.74) is 0.907. The zero-order valence-electron chi connectivity index (χ0n) is 14.8. The maximum Gasteiger partial charge on any atom is 0.226 e. The molecule has 0 spiro atoms. The summed E-state index contributed by atoms with van der Waals surface area (Å²) in [6, 6.07) is 6.61. The minimum Gasteiger partial charge on any atom is -0.357 e. The smallest absolute Gasteiger partial charge is 0.226 e. The summed E-state index contributed by atoms with van der Waals surface area (Å²) < 4.78 is 18.4. The molecule has 8 heteroatoms. The topological polar surface area (TPSA) is 66.5 Å². The number of nitrogens with one attached hydrogen (secondary N) is 1.